The molecule has 0 radical (unpaired) electrons. The molecular formula is C9H11ClOS. The highest BCUT2D eigenvalue weighted by Gasteiger charge is 2.04. The molecule has 0 saturated carbocycles. The lowest BCUT2D eigenvalue weighted by Crippen LogP contribution is -1.97. The van der Waals surface area contributed by atoms with Gasteiger partial charge >= 0.3 is 0 Å². The van der Waals surface area contributed by atoms with Gasteiger partial charge in [-0.3, -0.25) is 0 Å². The predicted molar refractivity (Wildman–Crippen MR) is 53.9 cm³/mol. The molecule has 0 fully saturated rings. The van der Waals surface area contributed by atoms with Crippen LogP contribution in [0.2, 0.25) is 0 Å². The van der Waals surface area contributed by atoms with Crippen molar-refractivity contribution in [2.75, 3.05) is 12.1 Å². The number of aliphatic hydroxyl groups is 1. The van der Waals surface area contributed by atoms with Crippen molar-refractivity contribution in [2.24, 2.45) is 0 Å². The van der Waals surface area contributed by atoms with Gasteiger partial charge in [-0.1, -0.05) is 12.1 Å². The Bertz CT molecular complexity index is 235. The Labute approximate surface area is 81.7 Å². The molecule has 1 nitrogen and oxygen atoms in total. The van der Waals surface area contributed by atoms with E-state index in [9.17, 15) is 5.11 Å². The van der Waals surface area contributed by atoms with Gasteiger partial charge in [-0.2, -0.15) is 0 Å². The fraction of sp³-hybridized carbons (Fsp3) is 0.333. The van der Waals surface area contributed by atoms with Crippen LogP contribution in [0.4, 0.5) is 0 Å². The number of benzene rings is 1. The van der Waals surface area contributed by atoms with Crippen molar-refractivity contribution in [1.82, 2.24) is 0 Å². The average Bonchev–Trinajstić information content (AvgIpc) is 2.17. The van der Waals surface area contributed by atoms with Crippen LogP contribution in [0.3, 0.4) is 0 Å². The summed E-state index contributed by atoms with van der Waals surface area (Å²) in [7, 11) is 0. The van der Waals surface area contributed by atoms with E-state index >= 15 is 0 Å². The van der Waals surface area contributed by atoms with Gasteiger partial charge in [0.15, 0.2) is 0 Å². The van der Waals surface area contributed by atoms with Crippen molar-refractivity contribution in [3.05, 3.63) is 29.8 Å². The van der Waals surface area contributed by atoms with Gasteiger partial charge in [0.05, 0.1) is 12.0 Å². The van der Waals surface area contributed by atoms with Gasteiger partial charge in [-0.05, 0) is 24.0 Å². The molecule has 0 saturated heterocycles. The molecule has 1 aromatic carbocycles. The third kappa shape index (κ3) is 2.41. The average molecular weight is 203 g/mol. The molecular weight excluding hydrogens is 192 g/mol. The zero-order valence-corrected chi connectivity index (χ0v) is 8.40. The molecule has 0 spiro atoms. The van der Waals surface area contributed by atoms with Crippen LogP contribution in [-0.2, 0) is 0 Å². The third-order valence-corrected chi connectivity index (χ3v) is 2.68. The molecule has 12 heavy (non-hydrogen) atoms. The van der Waals surface area contributed by atoms with Crippen molar-refractivity contribution >= 4 is 23.4 Å². The first-order valence-corrected chi connectivity index (χ1v) is 5.42. The lowest BCUT2D eigenvalue weighted by Gasteiger charge is -2.06. The molecule has 3 heteroatoms. The fourth-order valence-corrected chi connectivity index (χ4v) is 1.50. The van der Waals surface area contributed by atoms with E-state index in [2.05, 4.69) is 0 Å². The van der Waals surface area contributed by atoms with E-state index in [4.69, 9.17) is 11.6 Å². The van der Waals surface area contributed by atoms with Crippen LogP contribution in [0.25, 0.3) is 0 Å². The zero-order valence-electron chi connectivity index (χ0n) is 6.83. The molecule has 1 N–H and O–H groups in total. The summed E-state index contributed by atoms with van der Waals surface area (Å²) in [6.45, 7) is 0. The van der Waals surface area contributed by atoms with Gasteiger partial charge in [0, 0.05) is 4.90 Å². The molecule has 1 aromatic rings. The summed E-state index contributed by atoms with van der Waals surface area (Å²) in [6.07, 6.45) is 1.48. The Kier molecular flexibility index (Phi) is 3.92. The smallest absolute Gasteiger partial charge is 0.0925 e. The van der Waals surface area contributed by atoms with Crippen LogP contribution in [0.1, 0.15) is 11.7 Å². The van der Waals surface area contributed by atoms with E-state index in [1.165, 1.54) is 4.90 Å². The number of halogens is 1. The highest BCUT2D eigenvalue weighted by atomic mass is 35.5. The van der Waals surface area contributed by atoms with Gasteiger partial charge < -0.3 is 5.11 Å². The Balaban J connectivity index is 2.77. The van der Waals surface area contributed by atoms with Crippen LogP contribution in [-0.4, -0.2) is 17.2 Å². The molecule has 1 rings (SSSR count). The summed E-state index contributed by atoms with van der Waals surface area (Å²) in [5, 5.41) is 9.35. The molecule has 0 amide bonds. The third-order valence-electron chi connectivity index (χ3n) is 1.65. The van der Waals surface area contributed by atoms with Gasteiger partial charge in [-0.15, -0.1) is 23.4 Å². The zero-order chi connectivity index (χ0) is 8.97. The van der Waals surface area contributed by atoms with Crippen molar-refractivity contribution in [3.63, 3.8) is 0 Å². The number of hydrogen-bond donors (Lipinski definition) is 1. The predicted octanol–water partition coefficient (Wildman–Crippen LogP) is 2.68. The van der Waals surface area contributed by atoms with Crippen LogP contribution in [0, 0.1) is 0 Å². The van der Waals surface area contributed by atoms with Gasteiger partial charge in [-0.25, -0.2) is 0 Å². The quantitative estimate of drug-likeness (QED) is 0.601. The number of thioether (sulfide) groups is 1. The molecule has 0 aliphatic rings. The lowest BCUT2D eigenvalue weighted by atomic mass is 10.1. The molecule has 1 unspecified atom stereocenters. The van der Waals surface area contributed by atoms with Crippen LogP contribution < -0.4 is 0 Å². The van der Waals surface area contributed by atoms with Gasteiger partial charge in [0.1, 0.15) is 0 Å². The molecule has 0 aliphatic carbocycles. The Morgan fingerprint density at radius 2 is 2.00 bits per heavy atom. The van der Waals surface area contributed by atoms with Gasteiger partial charge in [0.2, 0.25) is 0 Å². The molecule has 66 valence electrons. The minimum Gasteiger partial charge on any atom is -0.387 e. The maximum atomic E-state index is 9.35. The first-order chi connectivity index (χ1) is 5.77. The molecule has 0 aromatic heterocycles. The second-order valence-electron chi connectivity index (χ2n) is 2.44. The summed E-state index contributed by atoms with van der Waals surface area (Å²) in [6, 6.07) is 7.77. The monoisotopic (exact) mass is 202 g/mol. The van der Waals surface area contributed by atoms with E-state index in [1.807, 2.05) is 30.5 Å². The van der Waals surface area contributed by atoms with Crippen molar-refractivity contribution in [2.45, 2.75) is 11.0 Å². The minimum absolute atomic E-state index is 0.249. The van der Waals surface area contributed by atoms with Crippen molar-refractivity contribution in [3.8, 4) is 0 Å². The van der Waals surface area contributed by atoms with Crippen LogP contribution >= 0.6 is 23.4 Å². The summed E-state index contributed by atoms with van der Waals surface area (Å²) in [4.78, 5) is 1.19. The summed E-state index contributed by atoms with van der Waals surface area (Å²) >= 11 is 7.19. The Morgan fingerprint density at radius 1 is 1.42 bits per heavy atom. The fourth-order valence-electron chi connectivity index (χ4n) is 0.915. The van der Waals surface area contributed by atoms with Crippen LogP contribution in [0.5, 0.6) is 0 Å². The topological polar surface area (TPSA) is 20.2 Å². The Morgan fingerprint density at radius 3 is 2.42 bits per heavy atom. The van der Waals surface area contributed by atoms with E-state index < -0.39 is 6.10 Å². The molecule has 0 heterocycles. The van der Waals surface area contributed by atoms with Crippen LogP contribution in [0.15, 0.2) is 29.2 Å². The van der Waals surface area contributed by atoms with E-state index in [-0.39, 0.29) is 5.88 Å². The maximum absolute atomic E-state index is 9.35. The first kappa shape index (κ1) is 9.90. The van der Waals surface area contributed by atoms with E-state index in [1.54, 1.807) is 11.8 Å². The molecule has 0 aliphatic heterocycles. The standard InChI is InChI=1S/C9H11ClOS/c1-12-8-4-2-7(3-5-8)9(11)6-10/h2-5,9,11H,6H2,1H3. The summed E-state index contributed by atoms with van der Waals surface area (Å²) in [5.74, 6) is 0.249. The second kappa shape index (κ2) is 4.75. The number of rotatable bonds is 3. The minimum atomic E-state index is -0.539. The second-order valence-corrected chi connectivity index (χ2v) is 3.63. The van der Waals surface area contributed by atoms with Crippen molar-refractivity contribution < 1.29 is 5.11 Å². The summed E-state index contributed by atoms with van der Waals surface area (Å²) < 4.78 is 0. The first-order valence-electron chi connectivity index (χ1n) is 3.66. The molecule has 0 bridgehead atoms. The maximum Gasteiger partial charge on any atom is 0.0925 e. The van der Waals surface area contributed by atoms with E-state index in [0.29, 0.717) is 0 Å². The lowest BCUT2D eigenvalue weighted by molar-refractivity contribution is 0.202. The van der Waals surface area contributed by atoms with Crippen molar-refractivity contribution in [1.29, 1.82) is 0 Å². The SMILES string of the molecule is CSc1ccc(C(O)CCl)cc1. The number of alkyl halides is 1. The highest BCUT2D eigenvalue weighted by molar-refractivity contribution is 7.98. The van der Waals surface area contributed by atoms with Gasteiger partial charge in [0.25, 0.3) is 0 Å². The Hall–Kier alpha value is -0.180. The molecule has 1 atom stereocenters. The normalized spacial score (nSPS) is 12.9. The summed E-state index contributed by atoms with van der Waals surface area (Å²) in [5.41, 5.74) is 0.878. The van der Waals surface area contributed by atoms with E-state index in [0.717, 1.165) is 5.56 Å². The number of aliphatic hydroxyl groups excluding tert-OH is 1. The number of hydrogen-bond acceptors (Lipinski definition) is 2. The highest BCUT2D eigenvalue weighted by Crippen LogP contribution is 2.19. The largest absolute Gasteiger partial charge is 0.387 e.